The minimum absolute atomic E-state index is 0.414. The molecule has 0 aliphatic heterocycles. The van der Waals surface area contributed by atoms with Crippen molar-refractivity contribution in [3.8, 4) is 0 Å². The molecule has 123 valence electrons. The van der Waals surface area contributed by atoms with Crippen LogP contribution in [-0.4, -0.2) is 15.0 Å². The molecule has 0 aliphatic carbocycles. The van der Waals surface area contributed by atoms with Crippen LogP contribution in [0.4, 0.5) is 0 Å². The Hall–Kier alpha value is -2.07. The van der Waals surface area contributed by atoms with Crippen LogP contribution in [0.15, 0.2) is 91.0 Å². The van der Waals surface area contributed by atoms with Crippen LogP contribution >= 0.6 is 0 Å². The molecule has 0 aromatic heterocycles. The van der Waals surface area contributed by atoms with Gasteiger partial charge in [-0.1, -0.05) is 0 Å². The summed E-state index contributed by atoms with van der Waals surface area (Å²) in [4.78, 5) is 0. The molecule has 0 unspecified atom stereocenters. The molecule has 0 fully saturated rings. The molecule has 0 spiro atoms. The fourth-order valence-corrected chi connectivity index (χ4v) is 14.9. The Bertz CT molecular complexity index is 861. The van der Waals surface area contributed by atoms with Crippen LogP contribution in [0.5, 0.6) is 0 Å². The summed E-state index contributed by atoms with van der Waals surface area (Å²) >= 11 is -6.98. The van der Waals surface area contributed by atoms with E-state index in [0.717, 1.165) is 0 Å². The third-order valence-electron chi connectivity index (χ3n) is 4.06. The Morgan fingerprint density at radius 2 is 0.792 bits per heavy atom. The molecular formula is C18H17CrO4Si. The van der Waals surface area contributed by atoms with Gasteiger partial charge in [-0.05, 0) is 0 Å². The molecule has 3 aromatic carbocycles. The number of hydrogen-bond acceptors (Lipinski definition) is 2. The maximum absolute atomic E-state index is 12.9. The van der Waals surface area contributed by atoms with Crippen LogP contribution in [0.1, 0.15) is 0 Å². The zero-order chi connectivity index (χ0) is 17.3. The molecule has 0 heterocycles. The van der Waals surface area contributed by atoms with E-state index in [4.69, 9.17) is 0 Å². The van der Waals surface area contributed by atoms with E-state index in [1.54, 1.807) is 91.0 Å². The van der Waals surface area contributed by atoms with Crippen molar-refractivity contribution >= 4 is 22.2 Å². The van der Waals surface area contributed by atoms with E-state index < -0.39 is 18.5 Å². The quantitative estimate of drug-likeness (QED) is 0.522. The normalized spacial score (nSPS) is 13.8. The van der Waals surface area contributed by atoms with E-state index in [2.05, 4.69) is 0 Å². The molecule has 24 heavy (non-hydrogen) atoms. The van der Waals surface area contributed by atoms with E-state index in [-0.39, 0.29) is 0 Å². The van der Waals surface area contributed by atoms with Gasteiger partial charge in [-0.2, -0.15) is 0 Å². The zero-order valence-corrected chi connectivity index (χ0v) is 15.1. The molecule has 0 saturated heterocycles. The monoisotopic (exact) mass is 377 g/mol. The van der Waals surface area contributed by atoms with Crippen LogP contribution in [0.2, 0.25) is 0 Å². The van der Waals surface area contributed by atoms with E-state index >= 15 is 0 Å². The summed E-state index contributed by atoms with van der Waals surface area (Å²) in [7, 11) is 0. The molecule has 6 heteroatoms. The first-order chi connectivity index (χ1) is 11.3. The summed E-state index contributed by atoms with van der Waals surface area (Å²) in [5.74, 6) is 0. The summed E-state index contributed by atoms with van der Waals surface area (Å²) in [6.45, 7) is -4.08. The Kier molecular flexibility index (Phi) is 4.04. The topological polar surface area (TPSA) is 74.6 Å². The molecular weight excluding hydrogens is 360 g/mol. The van der Waals surface area contributed by atoms with Crippen molar-refractivity contribution in [1.82, 2.24) is 0 Å². The SMILES string of the molecule is [O]=[Cr](=[O])([OH])([OH])[Si](c1ccccc1)(c1ccccc1)c1ccccc1. The second kappa shape index (κ2) is 5.78. The van der Waals surface area contributed by atoms with Gasteiger partial charge in [0.2, 0.25) is 0 Å². The van der Waals surface area contributed by atoms with Gasteiger partial charge in [-0.3, -0.25) is 0 Å². The fourth-order valence-electron chi connectivity index (χ4n) is 3.12. The molecule has 0 amide bonds. The first-order valence-corrected chi connectivity index (χ1v) is 13.4. The van der Waals surface area contributed by atoms with Gasteiger partial charge in [0.1, 0.15) is 0 Å². The molecule has 0 atom stereocenters. The molecule has 0 bridgehead atoms. The molecule has 3 aromatic rings. The van der Waals surface area contributed by atoms with Crippen LogP contribution in [0.25, 0.3) is 0 Å². The molecule has 0 aliphatic rings. The fraction of sp³-hybridized carbons (Fsp3) is 0. The van der Waals surface area contributed by atoms with Crippen molar-refractivity contribution < 1.29 is 27.8 Å². The molecule has 3 rings (SSSR count). The predicted molar refractivity (Wildman–Crippen MR) is 89.8 cm³/mol. The van der Waals surface area contributed by atoms with Crippen molar-refractivity contribution in [1.29, 1.82) is 0 Å². The Labute approximate surface area is 141 Å². The van der Waals surface area contributed by atoms with Crippen molar-refractivity contribution in [2.75, 3.05) is 0 Å². The first kappa shape index (κ1) is 16.8. The van der Waals surface area contributed by atoms with Crippen molar-refractivity contribution in [3.63, 3.8) is 0 Å². The van der Waals surface area contributed by atoms with Gasteiger partial charge in [-0.25, -0.2) is 0 Å². The second-order valence-corrected chi connectivity index (χ2v) is 16.9. The Morgan fingerprint density at radius 3 is 1.00 bits per heavy atom. The van der Waals surface area contributed by atoms with Crippen LogP contribution in [-0.2, 0) is 19.5 Å². The van der Waals surface area contributed by atoms with Gasteiger partial charge >= 0.3 is 141 Å². The summed E-state index contributed by atoms with van der Waals surface area (Å²) in [6, 6.07) is 25.4. The van der Waals surface area contributed by atoms with Crippen molar-refractivity contribution in [3.05, 3.63) is 91.0 Å². The molecule has 0 saturated carbocycles. The Balaban J connectivity index is 2.53. The van der Waals surface area contributed by atoms with Gasteiger partial charge in [0.05, 0.1) is 0 Å². The van der Waals surface area contributed by atoms with Crippen LogP contribution in [0.3, 0.4) is 0 Å². The molecule has 0 radical (unpaired) electrons. The van der Waals surface area contributed by atoms with E-state index in [9.17, 15) is 15.9 Å². The van der Waals surface area contributed by atoms with Gasteiger partial charge in [-0.15, -0.1) is 0 Å². The first-order valence-electron chi connectivity index (χ1n) is 7.38. The maximum atomic E-state index is 12.9. The van der Waals surface area contributed by atoms with E-state index in [0.29, 0.717) is 15.6 Å². The van der Waals surface area contributed by atoms with Crippen LogP contribution in [0, 0.1) is 0 Å². The number of hydrogen-bond donors (Lipinski definition) is 2. The third-order valence-corrected chi connectivity index (χ3v) is 16.8. The van der Waals surface area contributed by atoms with Gasteiger partial charge < -0.3 is 0 Å². The Morgan fingerprint density at radius 1 is 0.542 bits per heavy atom. The standard InChI is InChI=1S/C18H15Si.Cr.2H2O.2O/c1-4-10-16(11-5-1)19(17-12-6-2-7-13-17)18-14-8-3-9-15-18;;;;;/h1-15H;;2*1H2;;/q;+2;;;;/p-2. The van der Waals surface area contributed by atoms with Gasteiger partial charge in [0.25, 0.3) is 0 Å². The van der Waals surface area contributed by atoms with Crippen molar-refractivity contribution in [2.45, 2.75) is 0 Å². The summed E-state index contributed by atoms with van der Waals surface area (Å²) < 4.78 is 46.6. The number of benzene rings is 3. The second-order valence-electron chi connectivity index (χ2n) is 5.58. The van der Waals surface area contributed by atoms with Crippen molar-refractivity contribution in [2.24, 2.45) is 0 Å². The average molecular weight is 377 g/mol. The summed E-state index contributed by atoms with van der Waals surface area (Å²) in [5.41, 5.74) is 0. The zero-order valence-electron chi connectivity index (χ0n) is 12.8. The van der Waals surface area contributed by atoms with Gasteiger partial charge in [0, 0.05) is 0 Å². The minimum atomic E-state index is -6.98. The third kappa shape index (κ3) is 2.65. The summed E-state index contributed by atoms with van der Waals surface area (Å²) in [5, 5.41) is 1.24. The summed E-state index contributed by atoms with van der Waals surface area (Å²) in [6.07, 6.45) is 0. The average Bonchev–Trinajstić information content (AvgIpc) is 2.56. The van der Waals surface area contributed by atoms with Gasteiger partial charge in [0.15, 0.2) is 0 Å². The van der Waals surface area contributed by atoms with Crippen LogP contribution < -0.4 is 15.6 Å². The molecule has 2 N–H and O–H groups in total. The number of rotatable bonds is 4. The molecule has 4 nitrogen and oxygen atoms in total. The van der Waals surface area contributed by atoms with E-state index in [1.807, 2.05) is 0 Å². The van der Waals surface area contributed by atoms with E-state index in [1.165, 1.54) is 0 Å². The predicted octanol–water partition coefficient (Wildman–Crippen LogP) is 0.849.